The molecule has 0 amide bonds. The second-order valence-electron chi connectivity index (χ2n) is 9.91. The van der Waals surface area contributed by atoms with Gasteiger partial charge < -0.3 is 4.74 Å². The number of ketones is 1. The molecule has 0 aromatic rings. The Bertz CT molecular complexity index is 599. The summed E-state index contributed by atoms with van der Waals surface area (Å²) >= 11 is 0. The lowest BCUT2D eigenvalue weighted by atomic mass is 9.46. The maximum atomic E-state index is 11.9. The van der Waals surface area contributed by atoms with Crippen LogP contribution in [0, 0.1) is 28.6 Å². The molecule has 1 aliphatic heterocycles. The SMILES string of the molecule is CC12CCC(=O)C=C1CCC1C2CCC2(C)C1CC[C@@]21CCCO1. The highest BCUT2D eigenvalue weighted by molar-refractivity contribution is 5.91. The van der Waals surface area contributed by atoms with Crippen LogP contribution in [-0.4, -0.2) is 18.0 Å². The fourth-order valence-corrected chi connectivity index (χ4v) is 8.00. The first-order valence-corrected chi connectivity index (χ1v) is 10.4. The lowest BCUT2D eigenvalue weighted by Gasteiger charge is -2.59. The van der Waals surface area contributed by atoms with Crippen LogP contribution in [0.4, 0.5) is 0 Å². The average molecular weight is 328 g/mol. The van der Waals surface area contributed by atoms with Crippen molar-refractivity contribution in [1.29, 1.82) is 0 Å². The Morgan fingerprint density at radius 1 is 1.00 bits per heavy atom. The van der Waals surface area contributed by atoms with Gasteiger partial charge in [0.2, 0.25) is 0 Å². The zero-order valence-electron chi connectivity index (χ0n) is 15.4. The quantitative estimate of drug-likeness (QED) is 0.621. The first kappa shape index (κ1) is 15.6. The van der Waals surface area contributed by atoms with Crippen molar-refractivity contribution in [3.05, 3.63) is 11.6 Å². The summed E-state index contributed by atoms with van der Waals surface area (Å²) in [6, 6.07) is 0. The summed E-state index contributed by atoms with van der Waals surface area (Å²) in [5.41, 5.74) is 2.42. The number of ether oxygens (including phenoxy) is 1. The van der Waals surface area contributed by atoms with Crippen LogP contribution in [0.1, 0.15) is 78.1 Å². The first-order valence-electron chi connectivity index (χ1n) is 10.4. The number of hydrogen-bond donors (Lipinski definition) is 0. The zero-order valence-corrected chi connectivity index (χ0v) is 15.4. The molecule has 4 fully saturated rings. The van der Waals surface area contributed by atoms with Gasteiger partial charge in [0.1, 0.15) is 0 Å². The number of rotatable bonds is 0. The lowest BCUT2D eigenvalue weighted by Crippen LogP contribution is -2.54. The standard InChI is InChI=1S/C22H32O2/c1-20-10-6-16(23)14-15(20)4-5-17-18(20)7-11-21(2)19(17)8-12-22(21)9-3-13-24-22/h14,17-19H,3-13H2,1-2H3/t17?,18?,19?,20?,21?,22-/m0/s1. The second kappa shape index (κ2) is 4.96. The Hall–Kier alpha value is -0.630. The van der Waals surface area contributed by atoms with Gasteiger partial charge in [-0.3, -0.25) is 4.79 Å². The summed E-state index contributed by atoms with van der Waals surface area (Å²) in [6.45, 7) is 6.05. The Morgan fingerprint density at radius 2 is 1.83 bits per heavy atom. The van der Waals surface area contributed by atoms with E-state index >= 15 is 0 Å². The molecule has 2 nitrogen and oxygen atoms in total. The molecule has 1 spiro atoms. The van der Waals surface area contributed by atoms with Gasteiger partial charge in [0, 0.05) is 13.0 Å². The van der Waals surface area contributed by atoms with Gasteiger partial charge in [-0.1, -0.05) is 19.4 Å². The van der Waals surface area contributed by atoms with Gasteiger partial charge in [-0.15, -0.1) is 0 Å². The molecule has 5 rings (SSSR count). The normalized spacial score (nSPS) is 53.5. The molecule has 0 bridgehead atoms. The van der Waals surface area contributed by atoms with Crippen LogP contribution in [-0.2, 0) is 9.53 Å². The van der Waals surface area contributed by atoms with Crippen molar-refractivity contribution in [3.63, 3.8) is 0 Å². The van der Waals surface area contributed by atoms with Gasteiger partial charge in [-0.2, -0.15) is 0 Å². The van der Waals surface area contributed by atoms with Crippen LogP contribution < -0.4 is 0 Å². The Morgan fingerprint density at radius 3 is 2.62 bits per heavy atom. The lowest BCUT2D eigenvalue weighted by molar-refractivity contribution is -0.136. The number of allylic oxidation sites excluding steroid dienone is 1. The van der Waals surface area contributed by atoms with Gasteiger partial charge >= 0.3 is 0 Å². The highest BCUT2D eigenvalue weighted by atomic mass is 16.5. The molecule has 5 unspecified atom stereocenters. The molecule has 132 valence electrons. The third kappa shape index (κ3) is 1.79. The van der Waals surface area contributed by atoms with E-state index in [0.29, 0.717) is 16.6 Å². The van der Waals surface area contributed by atoms with Crippen LogP contribution in [0.5, 0.6) is 0 Å². The predicted molar refractivity (Wildman–Crippen MR) is 94.6 cm³/mol. The maximum absolute atomic E-state index is 11.9. The van der Waals surface area contributed by atoms with Crippen LogP contribution >= 0.6 is 0 Å². The predicted octanol–water partition coefficient (Wildman–Crippen LogP) is 5.07. The topological polar surface area (TPSA) is 26.3 Å². The van der Waals surface area contributed by atoms with E-state index in [9.17, 15) is 4.79 Å². The third-order valence-electron chi connectivity index (χ3n) is 9.35. The van der Waals surface area contributed by atoms with Gasteiger partial charge in [0.05, 0.1) is 5.60 Å². The largest absolute Gasteiger partial charge is 0.374 e. The third-order valence-corrected chi connectivity index (χ3v) is 9.35. The smallest absolute Gasteiger partial charge is 0.155 e. The zero-order chi connectivity index (χ0) is 16.6. The van der Waals surface area contributed by atoms with Crippen LogP contribution in [0.2, 0.25) is 0 Å². The molecule has 0 aromatic heterocycles. The molecular formula is C22H32O2. The monoisotopic (exact) mass is 328 g/mol. The molecule has 4 aliphatic carbocycles. The summed E-state index contributed by atoms with van der Waals surface area (Å²) in [5.74, 6) is 2.90. The Balaban J connectivity index is 1.49. The number of carbonyl (C=O) groups excluding carboxylic acids is 1. The van der Waals surface area contributed by atoms with Crippen molar-refractivity contribution in [2.45, 2.75) is 83.7 Å². The van der Waals surface area contributed by atoms with Crippen molar-refractivity contribution < 1.29 is 9.53 Å². The summed E-state index contributed by atoms with van der Waals surface area (Å²) in [7, 11) is 0. The molecule has 1 heterocycles. The van der Waals surface area contributed by atoms with E-state index in [0.717, 1.165) is 37.2 Å². The summed E-state index contributed by atoms with van der Waals surface area (Å²) in [6.07, 6.45) is 14.3. The molecule has 24 heavy (non-hydrogen) atoms. The molecule has 5 aliphatic rings. The van der Waals surface area contributed by atoms with E-state index in [1.807, 2.05) is 6.08 Å². The molecule has 0 N–H and O–H groups in total. The van der Waals surface area contributed by atoms with E-state index in [2.05, 4.69) is 13.8 Å². The van der Waals surface area contributed by atoms with E-state index in [-0.39, 0.29) is 5.60 Å². The van der Waals surface area contributed by atoms with E-state index in [4.69, 9.17) is 4.74 Å². The number of fused-ring (bicyclic) bond motifs is 6. The van der Waals surface area contributed by atoms with Gasteiger partial charge in [0.15, 0.2) is 5.78 Å². The van der Waals surface area contributed by atoms with Gasteiger partial charge in [0.25, 0.3) is 0 Å². The molecule has 2 heteroatoms. The molecule has 6 atom stereocenters. The summed E-state index contributed by atoms with van der Waals surface area (Å²) in [4.78, 5) is 11.9. The highest BCUT2D eigenvalue weighted by Gasteiger charge is 2.65. The minimum Gasteiger partial charge on any atom is -0.374 e. The van der Waals surface area contributed by atoms with E-state index in [1.165, 1.54) is 56.9 Å². The molecule has 3 saturated carbocycles. The molecule has 0 aromatic carbocycles. The fourth-order valence-electron chi connectivity index (χ4n) is 8.00. The van der Waals surface area contributed by atoms with Crippen molar-refractivity contribution in [2.24, 2.45) is 28.6 Å². The maximum Gasteiger partial charge on any atom is 0.155 e. The van der Waals surface area contributed by atoms with Crippen LogP contribution in [0.3, 0.4) is 0 Å². The molecular weight excluding hydrogens is 296 g/mol. The first-order chi connectivity index (χ1) is 11.5. The van der Waals surface area contributed by atoms with Crippen molar-refractivity contribution in [1.82, 2.24) is 0 Å². The van der Waals surface area contributed by atoms with E-state index < -0.39 is 0 Å². The highest BCUT2D eigenvalue weighted by Crippen LogP contribution is 2.69. The Kier molecular flexibility index (Phi) is 3.23. The Labute approximate surface area is 146 Å². The van der Waals surface area contributed by atoms with Crippen molar-refractivity contribution in [2.75, 3.05) is 6.61 Å². The van der Waals surface area contributed by atoms with Gasteiger partial charge in [-0.25, -0.2) is 0 Å². The van der Waals surface area contributed by atoms with Crippen molar-refractivity contribution >= 4 is 5.78 Å². The minimum absolute atomic E-state index is 0.211. The molecule has 1 saturated heterocycles. The van der Waals surface area contributed by atoms with Crippen LogP contribution in [0.25, 0.3) is 0 Å². The summed E-state index contributed by atoms with van der Waals surface area (Å²) in [5, 5.41) is 0. The van der Waals surface area contributed by atoms with E-state index in [1.54, 1.807) is 0 Å². The number of hydrogen-bond acceptors (Lipinski definition) is 2. The number of carbonyl (C=O) groups is 1. The second-order valence-corrected chi connectivity index (χ2v) is 9.91. The van der Waals surface area contributed by atoms with Crippen LogP contribution in [0.15, 0.2) is 11.6 Å². The fraction of sp³-hybridized carbons (Fsp3) is 0.864. The van der Waals surface area contributed by atoms with Gasteiger partial charge in [-0.05, 0) is 92.4 Å². The minimum atomic E-state index is 0.211. The summed E-state index contributed by atoms with van der Waals surface area (Å²) < 4.78 is 6.44. The van der Waals surface area contributed by atoms with Crippen molar-refractivity contribution in [3.8, 4) is 0 Å². The molecule has 0 radical (unpaired) electrons. The average Bonchev–Trinajstić information content (AvgIpc) is 3.15.